The first-order chi connectivity index (χ1) is 7.31. The summed E-state index contributed by atoms with van der Waals surface area (Å²) in [5.41, 5.74) is 1.84. The molecule has 1 saturated heterocycles. The molecular weight excluding hydrogens is 193 g/mol. The molecule has 0 bridgehead atoms. The zero-order valence-electron chi connectivity index (χ0n) is 8.92. The zero-order chi connectivity index (χ0) is 10.7. The van der Waals surface area contributed by atoms with E-state index in [4.69, 9.17) is 4.74 Å². The second-order valence-electron chi connectivity index (χ2n) is 3.77. The molecule has 1 aromatic rings. The number of nitrogens with one attached hydrogen (secondary N) is 1. The summed E-state index contributed by atoms with van der Waals surface area (Å²) in [6.07, 6.45) is 0.790. The van der Waals surface area contributed by atoms with Crippen LogP contribution in [-0.2, 0) is 11.2 Å². The standard InChI is InChI=1S/C12H16FNO/c1-2-9-3-4-11(13)10(7-9)12-8-14-5-6-15-12/h3-4,7,12,14H,2,5-6,8H2,1H3. The van der Waals surface area contributed by atoms with E-state index in [1.54, 1.807) is 0 Å². The van der Waals surface area contributed by atoms with Crippen molar-refractivity contribution in [1.82, 2.24) is 5.32 Å². The molecule has 0 amide bonds. The molecule has 0 aliphatic carbocycles. The summed E-state index contributed by atoms with van der Waals surface area (Å²) in [6.45, 7) is 4.27. The van der Waals surface area contributed by atoms with Crippen molar-refractivity contribution in [3.63, 3.8) is 0 Å². The van der Waals surface area contributed by atoms with Crippen LogP contribution in [0.1, 0.15) is 24.2 Å². The minimum Gasteiger partial charge on any atom is -0.371 e. The van der Waals surface area contributed by atoms with E-state index in [0.29, 0.717) is 18.7 Å². The van der Waals surface area contributed by atoms with E-state index in [1.807, 2.05) is 12.1 Å². The van der Waals surface area contributed by atoms with E-state index in [9.17, 15) is 4.39 Å². The third kappa shape index (κ3) is 2.36. The summed E-state index contributed by atoms with van der Waals surface area (Å²) in [6, 6.07) is 5.27. The van der Waals surface area contributed by atoms with Crippen LogP contribution in [-0.4, -0.2) is 19.7 Å². The average Bonchev–Trinajstić information content (AvgIpc) is 2.31. The number of hydrogen-bond acceptors (Lipinski definition) is 2. The molecule has 1 fully saturated rings. The van der Waals surface area contributed by atoms with Crippen molar-refractivity contribution >= 4 is 0 Å². The Labute approximate surface area is 89.4 Å². The van der Waals surface area contributed by atoms with Crippen molar-refractivity contribution in [2.45, 2.75) is 19.4 Å². The molecule has 0 radical (unpaired) electrons. The van der Waals surface area contributed by atoms with E-state index in [-0.39, 0.29) is 11.9 Å². The second kappa shape index (κ2) is 4.73. The molecule has 1 heterocycles. The molecule has 1 unspecified atom stereocenters. The van der Waals surface area contributed by atoms with Crippen LogP contribution in [0.3, 0.4) is 0 Å². The Morgan fingerprint density at radius 2 is 2.40 bits per heavy atom. The lowest BCUT2D eigenvalue weighted by molar-refractivity contribution is 0.0255. The van der Waals surface area contributed by atoms with Crippen molar-refractivity contribution in [2.75, 3.05) is 19.7 Å². The Bertz CT molecular complexity index is 334. The van der Waals surface area contributed by atoms with Gasteiger partial charge in [0, 0.05) is 18.7 Å². The molecule has 2 nitrogen and oxygen atoms in total. The predicted molar refractivity (Wildman–Crippen MR) is 57.3 cm³/mol. The van der Waals surface area contributed by atoms with Crippen LogP contribution < -0.4 is 5.32 Å². The first-order valence-electron chi connectivity index (χ1n) is 5.42. The van der Waals surface area contributed by atoms with Gasteiger partial charge in [-0.05, 0) is 18.1 Å². The predicted octanol–water partition coefficient (Wildman–Crippen LogP) is 2.05. The fourth-order valence-corrected chi connectivity index (χ4v) is 1.83. The average molecular weight is 209 g/mol. The molecule has 1 aliphatic heterocycles. The molecule has 82 valence electrons. The van der Waals surface area contributed by atoms with Gasteiger partial charge in [0.15, 0.2) is 0 Å². The van der Waals surface area contributed by atoms with Gasteiger partial charge in [0.05, 0.1) is 12.7 Å². The van der Waals surface area contributed by atoms with Gasteiger partial charge in [-0.25, -0.2) is 4.39 Å². The van der Waals surface area contributed by atoms with Crippen molar-refractivity contribution in [3.8, 4) is 0 Å². The number of halogens is 1. The fraction of sp³-hybridized carbons (Fsp3) is 0.500. The lowest BCUT2D eigenvalue weighted by Crippen LogP contribution is -2.33. The van der Waals surface area contributed by atoms with Gasteiger partial charge < -0.3 is 10.1 Å². The van der Waals surface area contributed by atoms with Gasteiger partial charge in [-0.15, -0.1) is 0 Å². The molecule has 2 rings (SSSR count). The summed E-state index contributed by atoms with van der Waals surface area (Å²) in [5, 5.41) is 3.21. The summed E-state index contributed by atoms with van der Waals surface area (Å²) < 4.78 is 19.1. The van der Waals surface area contributed by atoms with E-state index in [2.05, 4.69) is 12.2 Å². The van der Waals surface area contributed by atoms with Gasteiger partial charge >= 0.3 is 0 Å². The Kier molecular flexibility index (Phi) is 3.34. The quantitative estimate of drug-likeness (QED) is 0.805. The van der Waals surface area contributed by atoms with Crippen molar-refractivity contribution in [2.24, 2.45) is 0 Å². The van der Waals surface area contributed by atoms with Crippen molar-refractivity contribution in [1.29, 1.82) is 0 Å². The van der Waals surface area contributed by atoms with E-state index < -0.39 is 0 Å². The molecule has 1 aromatic carbocycles. The van der Waals surface area contributed by atoms with Crippen LogP contribution in [0.4, 0.5) is 4.39 Å². The van der Waals surface area contributed by atoms with Gasteiger partial charge in [0.2, 0.25) is 0 Å². The van der Waals surface area contributed by atoms with E-state index in [0.717, 1.165) is 18.5 Å². The summed E-state index contributed by atoms with van der Waals surface area (Å²) in [7, 11) is 0. The van der Waals surface area contributed by atoms with Crippen molar-refractivity contribution in [3.05, 3.63) is 35.1 Å². The smallest absolute Gasteiger partial charge is 0.129 e. The highest BCUT2D eigenvalue weighted by molar-refractivity contribution is 5.27. The molecule has 1 N–H and O–H groups in total. The maximum atomic E-state index is 13.6. The minimum absolute atomic E-state index is 0.134. The van der Waals surface area contributed by atoms with Gasteiger partial charge in [-0.3, -0.25) is 0 Å². The monoisotopic (exact) mass is 209 g/mol. The van der Waals surface area contributed by atoms with Crippen LogP contribution >= 0.6 is 0 Å². The van der Waals surface area contributed by atoms with Crippen LogP contribution in [0.2, 0.25) is 0 Å². The Hall–Kier alpha value is -0.930. The first-order valence-corrected chi connectivity index (χ1v) is 5.42. The lowest BCUT2D eigenvalue weighted by Gasteiger charge is -2.24. The lowest BCUT2D eigenvalue weighted by atomic mass is 10.0. The molecule has 0 saturated carbocycles. The SMILES string of the molecule is CCc1ccc(F)c(C2CNCCO2)c1. The molecule has 15 heavy (non-hydrogen) atoms. The highest BCUT2D eigenvalue weighted by Crippen LogP contribution is 2.23. The third-order valence-corrected chi connectivity index (χ3v) is 2.74. The summed E-state index contributed by atoms with van der Waals surface area (Å²) in [4.78, 5) is 0. The summed E-state index contributed by atoms with van der Waals surface area (Å²) in [5.74, 6) is -0.166. The number of benzene rings is 1. The Morgan fingerprint density at radius 1 is 1.53 bits per heavy atom. The second-order valence-corrected chi connectivity index (χ2v) is 3.77. The number of morpholine rings is 1. The van der Waals surface area contributed by atoms with Gasteiger partial charge in [0.25, 0.3) is 0 Å². The van der Waals surface area contributed by atoms with Crippen LogP contribution in [0.25, 0.3) is 0 Å². The fourth-order valence-electron chi connectivity index (χ4n) is 1.83. The van der Waals surface area contributed by atoms with Gasteiger partial charge in [-0.1, -0.05) is 19.1 Å². The van der Waals surface area contributed by atoms with Gasteiger partial charge in [-0.2, -0.15) is 0 Å². The van der Waals surface area contributed by atoms with E-state index >= 15 is 0 Å². The Balaban J connectivity index is 2.24. The van der Waals surface area contributed by atoms with E-state index in [1.165, 1.54) is 6.07 Å². The molecule has 1 aliphatic rings. The van der Waals surface area contributed by atoms with Crippen molar-refractivity contribution < 1.29 is 9.13 Å². The normalized spacial score (nSPS) is 21.6. The highest BCUT2D eigenvalue weighted by atomic mass is 19.1. The zero-order valence-corrected chi connectivity index (χ0v) is 8.92. The molecule has 3 heteroatoms. The largest absolute Gasteiger partial charge is 0.371 e. The first kappa shape index (κ1) is 10.6. The number of aryl methyl sites for hydroxylation is 1. The number of rotatable bonds is 2. The molecule has 0 spiro atoms. The highest BCUT2D eigenvalue weighted by Gasteiger charge is 2.19. The number of hydrogen-bond donors (Lipinski definition) is 1. The topological polar surface area (TPSA) is 21.3 Å². The molecular formula is C12H16FNO. The van der Waals surface area contributed by atoms with Crippen LogP contribution in [0, 0.1) is 5.82 Å². The van der Waals surface area contributed by atoms with Crippen LogP contribution in [0.5, 0.6) is 0 Å². The summed E-state index contributed by atoms with van der Waals surface area (Å²) >= 11 is 0. The van der Waals surface area contributed by atoms with Crippen LogP contribution in [0.15, 0.2) is 18.2 Å². The maximum absolute atomic E-state index is 13.6. The third-order valence-electron chi connectivity index (χ3n) is 2.74. The number of ether oxygens (including phenoxy) is 1. The molecule has 1 atom stereocenters. The Morgan fingerprint density at radius 3 is 3.07 bits per heavy atom. The molecule has 0 aromatic heterocycles. The maximum Gasteiger partial charge on any atom is 0.129 e. The van der Waals surface area contributed by atoms with Gasteiger partial charge in [0.1, 0.15) is 5.82 Å². The minimum atomic E-state index is -0.166.